The van der Waals surface area contributed by atoms with Crippen LogP contribution in [0.2, 0.25) is 0 Å². The van der Waals surface area contributed by atoms with Crippen molar-refractivity contribution in [3.63, 3.8) is 0 Å². The Labute approximate surface area is 149 Å². The van der Waals surface area contributed by atoms with Gasteiger partial charge in [-0.2, -0.15) is 0 Å². The van der Waals surface area contributed by atoms with E-state index < -0.39 is 30.9 Å². The van der Waals surface area contributed by atoms with Gasteiger partial charge < -0.3 is 20.1 Å². The van der Waals surface area contributed by atoms with Crippen molar-refractivity contribution in [2.75, 3.05) is 25.6 Å². The molecule has 26 heavy (non-hydrogen) atoms. The van der Waals surface area contributed by atoms with E-state index in [0.717, 1.165) is 0 Å². The Morgan fingerprint density at radius 1 is 0.962 bits per heavy atom. The third-order valence-electron chi connectivity index (χ3n) is 3.19. The Bertz CT molecular complexity index is 775. The highest BCUT2D eigenvalue weighted by Gasteiger charge is 2.09. The lowest BCUT2D eigenvalue weighted by atomic mass is 10.2. The van der Waals surface area contributed by atoms with Gasteiger partial charge in [0.05, 0.1) is 0 Å². The van der Waals surface area contributed by atoms with E-state index in [-0.39, 0.29) is 5.91 Å². The minimum Gasteiger partial charge on any atom is -0.482 e. The van der Waals surface area contributed by atoms with Crippen LogP contribution >= 0.6 is 0 Å². The first-order chi connectivity index (χ1) is 12.5. The minimum absolute atomic E-state index is 0.238. The number of carbonyl (C=O) groups excluding carboxylic acids is 3. The van der Waals surface area contributed by atoms with Crippen molar-refractivity contribution in [3.8, 4) is 5.75 Å². The predicted molar refractivity (Wildman–Crippen MR) is 91.3 cm³/mol. The molecule has 0 aliphatic carbocycles. The van der Waals surface area contributed by atoms with Gasteiger partial charge in [0.25, 0.3) is 11.8 Å². The maximum absolute atomic E-state index is 12.7. The highest BCUT2D eigenvalue weighted by Crippen LogP contribution is 2.11. The summed E-state index contributed by atoms with van der Waals surface area (Å²) in [4.78, 5) is 34.7. The van der Waals surface area contributed by atoms with Gasteiger partial charge in [0, 0.05) is 18.3 Å². The molecule has 0 saturated heterocycles. The Kier molecular flexibility index (Phi) is 6.67. The summed E-state index contributed by atoms with van der Waals surface area (Å²) < 4.78 is 22.6. The Balaban J connectivity index is 1.73. The minimum atomic E-state index is -0.737. The number of amides is 2. The van der Waals surface area contributed by atoms with Crippen LogP contribution in [0.4, 0.5) is 10.1 Å². The maximum atomic E-state index is 12.7. The number of halogens is 1. The molecule has 0 heterocycles. The molecule has 0 aromatic heterocycles. The van der Waals surface area contributed by atoms with E-state index in [2.05, 4.69) is 10.6 Å². The normalized spacial score (nSPS) is 9.92. The van der Waals surface area contributed by atoms with E-state index in [1.165, 1.54) is 31.3 Å². The van der Waals surface area contributed by atoms with E-state index >= 15 is 0 Å². The number of rotatable bonds is 7. The third kappa shape index (κ3) is 5.90. The molecule has 136 valence electrons. The van der Waals surface area contributed by atoms with E-state index in [0.29, 0.717) is 17.0 Å². The SMILES string of the molecule is CNC(=O)c1ccc(NC(=O)COC(=O)COc2ccc(F)cc2)cc1. The number of anilines is 1. The van der Waals surface area contributed by atoms with Crippen molar-refractivity contribution in [1.29, 1.82) is 0 Å². The molecule has 0 aliphatic heterocycles. The van der Waals surface area contributed by atoms with Crippen LogP contribution in [-0.2, 0) is 14.3 Å². The van der Waals surface area contributed by atoms with Crippen molar-refractivity contribution in [3.05, 3.63) is 59.9 Å². The maximum Gasteiger partial charge on any atom is 0.344 e. The monoisotopic (exact) mass is 360 g/mol. The van der Waals surface area contributed by atoms with Gasteiger partial charge in [0.1, 0.15) is 11.6 Å². The summed E-state index contributed by atoms with van der Waals surface area (Å²) in [6, 6.07) is 11.4. The summed E-state index contributed by atoms with van der Waals surface area (Å²) in [5, 5.41) is 5.02. The molecule has 0 fully saturated rings. The van der Waals surface area contributed by atoms with Crippen molar-refractivity contribution >= 4 is 23.5 Å². The second-order valence-corrected chi connectivity index (χ2v) is 5.11. The lowest BCUT2D eigenvalue weighted by Crippen LogP contribution is -2.23. The second-order valence-electron chi connectivity index (χ2n) is 5.11. The van der Waals surface area contributed by atoms with Gasteiger partial charge in [-0.3, -0.25) is 9.59 Å². The number of nitrogens with one attached hydrogen (secondary N) is 2. The number of hydrogen-bond acceptors (Lipinski definition) is 5. The fourth-order valence-electron chi connectivity index (χ4n) is 1.91. The first-order valence-corrected chi connectivity index (χ1v) is 7.64. The van der Waals surface area contributed by atoms with E-state index in [1.54, 1.807) is 24.3 Å². The van der Waals surface area contributed by atoms with Crippen molar-refractivity contribution in [2.24, 2.45) is 0 Å². The van der Waals surface area contributed by atoms with Crippen LogP contribution in [0.3, 0.4) is 0 Å². The molecular weight excluding hydrogens is 343 g/mol. The second kappa shape index (κ2) is 9.16. The Morgan fingerprint density at radius 3 is 2.23 bits per heavy atom. The predicted octanol–water partition coefficient (Wildman–Crippen LogP) is 1.75. The molecule has 0 spiro atoms. The molecule has 0 unspecified atom stereocenters. The number of carbonyl (C=O) groups is 3. The molecule has 0 atom stereocenters. The van der Waals surface area contributed by atoms with E-state index in [1.807, 2.05) is 0 Å². The average Bonchev–Trinajstić information content (AvgIpc) is 2.66. The molecule has 0 saturated carbocycles. The van der Waals surface area contributed by atoms with Crippen LogP contribution < -0.4 is 15.4 Å². The van der Waals surface area contributed by atoms with Gasteiger partial charge >= 0.3 is 5.97 Å². The van der Waals surface area contributed by atoms with Crippen molar-refractivity contribution in [2.45, 2.75) is 0 Å². The first kappa shape index (κ1) is 18.9. The van der Waals surface area contributed by atoms with Crippen molar-refractivity contribution < 1.29 is 28.2 Å². The van der Waals surface area contributed by atoms with Crippen LogP contribution in [0.5, 0.6) is 5.75 Å². The molecule has 8 heteroatoms. The average molecular weight is 360 g/mol. The molecule has 2 aromatic rings. The Hall–Kier alpha value is -3.42. The quantitative estimate of drug-likeness (QED) is 0.734. The highest BCUT2D eigenvalue weighted by atomic mass is 19.1. The topological polar surface area (TPSA) is 93.7 Å². The fraction of sp³-hybridized carbons (Fsp3) is 0.167. The number of hydrogen-bond donors (Lipinski definition) is 2. The van der Waals surface area contributed by atoms with Gasteiger partial charge in [-0.1, -0.05) is 0 Å². The zero-order valence-corrected chi connectivity index (χ0v) is 14.0. The smallest absolute Gasteiger partial charge is 0.344 e. The molecular formula is C18H17FN2O5. The lowest BCUT2D eigenvalue weighted by Gasteiger charge is -2.08. The molecule has 2 N–H and O–H groups in total. The number of esters is 1. The van der Waals surface area contributed by atoms with Crippen LogP contribution in [0.1, 0.15) is 10.4 Å². The molecule has 0 bridgehead atoms. The summed E-state index contributed by atoms with van der Waals surface area (Å²) in [5.41, 5.74) is 0.913. The van der Waals surface area contributed by atoms with Crippen LogP contribution in [0.15, 0.2) is 48.5 Å². The van der Waals surface area contributed by atoms with Gasteiger partial charge in [-0.25, -0.2) is 9.18 Å². The van der Waals surface area contributed by atoms with Crippen LogP contribution in [0.25, 0.3) is 0 Å². The lowest BCUT2D eigenvalue weighted by molar-refractivity contribution is -0.149. The largest absolute Gasteiger partial charge is 0.482 e. The number of ether oxygens (including phenoxy) is 2. The highest BCUT2D eigenvalue weighted by molar-refractivity contribution is 5.96. The van der Waals surface area contributed by atoms with Crippen molar-refractivity contribution in [1.82, 2.24) is 5.32 Å². The summed E-state index contributed by atoms with van der Waals surface area (Å²) in [5.74, 6) is -1.62. The fourth-order valence-corrected chi connectivity index (χ4v) is 1.91. The van der Waals surface area contributed by atoms with E-state index in [9.17, 15) is 18.8 Å². The zero-order chi connectivity index (χ0) is 18.9. The van der Waals surface area contributed by atoms with Gasteiger partial charge in [0.2, 0.25) is 0 Å². The molecule has 2 amide bonds. The summed E-state index contributed by atoms with van der Waals surface area (Å²) >= 11 is 0. The summed E-state index contributed by atoms with van der Waals surface area (Å²) in [6.07, 6.45) is 0. The molecule has 2 aromatic carbocycles. The first-order valence-electron chi connectivity index (χ1n) is 7.64. The third-order valence-corrected chi connectivity index (χ3v) is 3.19. The summed E-state index contributed by atoms with van der Waals surface area (Å²) in [6.45, 7) is -0.886. The van der Waals surface area contributed by atoms with Crippen LogP contribution in [0, 0.1) is 5.82 Å². The molecule has 0 aliphatic rings. The Morgan fingerprint density at radius 2 is 1.62 bits per heavy atom. The zero-order valence-electron chi connectivity index (χ0n) is 14.0. The molecule has 2 rings (SSSR count). The standard InChI is InChI=1S/C18H17FN2O5/c1-20-18(24)12-2-6-14(7-3-12)21-16(22)10-26-17(23)11-25-15-8-4-13(19)5-9-15/h2-9H,10-11H2,1H3,(H,20,24)(H,21,22). The van der Waals surface area contributed by atoms with Gasteiger partial charge in [-0.05, 0) is 48.5 Å². The summed E-state index contributed by atoms with van der Waals surface area (Å²) in [7, 11) is 1.52. The number of benzene rings is 2. The molecule has 7 nitrogen and oxygen atoms in total. The molecule has 0 radical (unpaired) electrons. The van der Waals surface area contributed by atoms with Crippen LogP contribution in [-0.4, -0.2) is 38.0 Å². The van der Waals surface area contributed by atoms with Gasteiger partial charge in [-0.15, -0.1) is 0 Å². The van der Waals surface area contributed by atoms with Gasteiger partial charge in [0.15, 0.2) is 13.2 Å². The van der Waals surface area contributed by atoms with E-state index in [4.69, 9.17) is 9.47 Å².